The number of carbonyl (C=O) groups excluding carboxylic acids is 3. The molecule has 10 nitrogen and oxygen atoms in total. The maximum Gasteiger partial charge on any atom is 0.264 e. The molecule has 0 fully saturated rings. The summed E-state index contributed by atoms with van der Waals surface area (Å²) in [7, 11) is 1.25. The maximum atomic E-state index is 14.2. The number of para-hydroxylation sites is 1. The molecule has 48 heavy (non-hydrogen) atoms. The van der Waals surface area contributed by atoms with E-state index in [-0.39, 0.29) is 22.6 Å². The molecule has 0 aliphatic carbocycles. The summed E-state index contributed by atoms with van der Waals surface area (Å²) in [6.45, 7) is 16.9. The van der Waals surface area contributed by atoms with Crippen molar-refractivity contribution in [3.05, 3.63) is 77.6 Å². The number of hydrogen-bond donors (Lipinski definition) is 3. The van der Waals surface area contributed by atoms with Crippen LogP contribution in [0, 0.1) is 24.2 Å². The minimum absolute atomic E-state index is 0.0127. The number of allylic oxidation sites excluding steroid dienone is 1. The van der Waals surface area contributed by atoms with Crippen molar-refractivity contribution in [1.82, 2.24) is 24.8 Å². The van der Waals surface area contributed by atoms with Gasteiger partial charge in [0.1, 0.15) is 6.04 Å². The highest BCUT2D eigenvalue weighted by Crippen LogP contribution is 2.35. The number of benzene rings is 2. The molecular formula is C37H53N5O5S. The molecule has 11 heteroatoms. The minimum atomic E-state index is -4.08. The third-order valence-corrected chi connectivity index (χ3v) is 10.3. The first-order chi connectivity index (χ1) is 22.1. The summed E-state index contributed by atoms with van der Waals surface area (Å²) in [6.07, 6.45) is 3.65. The highest BCUT2D eigenvalue weighted by atomic mass is 32.2. The Labute approximate surface area is 286 Å². The fraction of sp³-hybridized carbons (Fsp3) is 0.486. The Morgan fingerprint density at radius 1 is 0.896 bits per heavy atom. The van der Waals surface area contributed by atoms with Gasteiger partial charge in [0, 0.05) is 42.3 Å². The molecule has 0 spiro atoms. The maximum absolute atomic E-state index is 14.2. The average molecular weight is 680 g/mol. The Morgan fingerprint density at radius 2 is 1.48 bits per heavy atom. The largest absolute Gasteiger partial charge is 0.350 e. The Balaban J connectivity index is 1.88. The molecule has 0 radical (unpaired) electrons. The second-order valence-electron chi connectivity index (χ2n) is 14.6. The summed E-state index contributed by atoms with van der Waals surface area (Å²) < 4.78 is 29.9. The van der Waals surface area contributed by atoms with Crippen LogP contribution in [0.3, 0.4) is 0 Å². The second kappa shape index (κ2) is 14.7. The quantitative estimate of drug-likeness (QED) is 0.247. The number of aromatic nitrogens is 1. The standard InChI is InChI=1S/C37H53N5O5S/c1-23(2)30(21-25(4)33(43)40-48(46,47)26-19-17-24(3)18-20-26)42(12)35(45)32(36(5,6)7)39-34(44)31(38-10)37(8,9)28-22-41(11)29-16-14-13-15-27(28)29/h13-23,25,31-32,38H,1-12H3,(H,39,44)(H,40,43)/b30-21+/t25?,31-,32-/m1/s1. The van der Waals surface area contributed by atoms with Crippen LogP contribution in [0.1, 0.15) is 66.5 Å². The SMILES string of the molecule is CN[C@H](C(=O)N[C@H](C(=O)N(C)/C(=C/C(C)C(=O)NS(=O)(=O)c1ccc(C)cc1)C(C)C)C(C)(C)C)C(C)(C)c1cn(C)c2ccccc12. The van der Waals surface area contributed by atoms with E-state index in [2.05, 4.69) is 15.4 Å². The topological polar surface area (TPSA) is 130 Å². The fourth-order valence-corrected chi connectivity index (χ4v) is 7.11. The number of likely N-dealkylation sites (N-methyl/N-ethyl adjacent to an activating group) is 2. The molecule has 0 aliphatic rings. The lowest BCUT2D eigenvalue weighted by atomic mass is 9.76. The van der Waals surface area contributed by atoms with Crippen LogP contribution in [-0.2, 0) is 36.9 Å². The minimum Gasteiger partial charge on any atom is -0.350 e. The van der Waals surface area contributed by atoms with Crippen LogP contribution in [-0.4, -0.2) is 61.8 Å². The van der Waals surface area contributed by atoms with E-state index in [9.17, 15) is 22.8 Å². The first kappa shape index (κ1) is 38.5. The summed E-state index contributed by atoms with van der Waals surface area (Å²) in [4.78, 5) is 42.8. The summed E-state index contributed by atoms with van der Waals surface area (Å²) in [5.74, 6) is -2.47. The molecule has 1 unspecified atom stereocenters. The van der Waals surface area contributed by atoms with Crippen molar-refractivity contribution in [1.29, 1.82) is 0 Å². The van der Waals surface area contributed by atoms with E-state index in [0.717, 1.165) is 22.0 Å². The van der Waals surface area contributed by atoms with E-state index in [4.69, 9.17) is 0 Å². The van der Waals surface area contributed by atoms with Crippen molar-refractivity contribution in [3.8, 4) is 0 Å². The van der Waals surface area contributed by atoms with Crippen LogP contribution in [0.5, 0.6) is 0 Å². The smallest absolute Gasteiger partial charge is 0.264 e. The zero-order valence-corrected chi connectivity index (χ0v) is 31.2. The lowest BCUT2D eigenvalue weighted by Crippen LogP contribution is -2.60. The summed E-state index contributed by atoms with van der Waals surface area (Å²) >= 11 is 0. The lowest BCUT2D eigenvalue weighted by molar-refractivity contribution is -0.138. The second-order valence-corrected chi connectivity index (χ2v) is 16.3. The molecular weight excluding hydrogens is 627 g/mol. The van der Waals surface area contributed by atoms with Crippen molar-refractivity contribution in [2.45, 2.75) is 84.7 Å². The monoisotopic (exact) mass is 679 g/mol. The van der Waals surface area contributed by atoms with Crippen molar-refractivity contribution < 1.29 is 22.8 Å². The molecule has 3 rings (SSSR count). The molecule has 262 valence electrons. The van der Waals surface area contributed by atoms with E-state index < -0.39 is 44.8 Å². The third-order valence-electron chi connectivity index (χ3n) is 8.97. The molecule has 0 bridgehead atoms. The molecule has 2 aromatic carbocycles. The van der Waals surface area contributed by atoms with Crippen LogP contribution in [0.4, 0.5) is 0 Å². The van der Waals surface area contributed by atoms with Gasteiger partial charge in [-0.3, -0.25) is 14.4 Å². The summed E-state index contributed by atoms with van der Waals surface area (Å²) in [5, 5.41) is 7.31. The van der Waals surface area contributed by atoms with Gasteiger partial charge in [0.2, 0.25) is 17.7 Å². The molecule has 3 atom stereocenters. The third kappa shape index (κ3) is 8.36. The van der Waals surface area contributed by atoms with Gasteiger partial charge in [-0.25, -0.2) is 13.1 Å². The normalized spacial score (nSPS) is 14.8. The number of sulfonamides is 1. The molecule has 0 saturated carbocycles. The molecule has 0 saturated heterocycles. The number of nitrogens with zero attached hydrogens (tertiary/aromatic N) is 2. The number of hydrogen-bond acceptors (Lipinski definition) is 6. The van der Waals surface area contributed by atoms with Gasteiger partial charge in [-0.1, -0.05) is 90.4 Å². The van der Waals surface area contributed by atoms with Crippen LogP contribution >= 0.6 is 0 Å². The highest BCUT2D eigenvalue weighted by Gasteiger charge is 2.42. The van der Waals surface area contributed by atoms with Gasteiger partial charge < -0.3 is 20.1 Å². The van der Waals surface area contributed by atoms with Gasteiger partial charge in [0.15, 0.2) is 0 Å². The van der Waals surface area contributed by atoms with E-state index in [1.54, 1.807) is 39.2 Å². The van der Waals surface area contributed by atoms with E-state index in [0.29, 0.717) is 5.70 Å². The summed E-state index contributed by atoms with van der Waals surface area (Å²) in [5.41, 5.74) is 2.17. The molecule has 0 aliphatic heterocycles. The van der Waals surface area contributed by atoms with E-state index in [1.807, 2.05) is 97.5 Å². The number of amides is 3. The highest BCUT2D eigenvalue weighted by molar-refractivity contribution is 7.90. The number of aryl methyl sites for hydroxylation is 2. The zero-order chi connectivity index (χ0) is 36.4. The molecule has 3 aromatic rings. The van der Waals surface area contributed by atoms with Crippen LogP contribution in [0.2, 0.25) is 0 Å². The van der Waals surface area contributed by atoms with Crippen LogP contribution < -0.4 is 15.4 Å². The number of nitrogens with one attached hydrogen (secondary N) is 3. The zero-order valence-electron chi connectivity index (χ0n) is 30.4. The molecule has 3 amide bonds. The first-order valence-corrected chi connectivity index (χ1v) is 17.8. The van der Waals surface area contributed by atoms with Crippen molar-refractivity contribution in [3.63, 3.8) is 0 Å². The van der Waals surface area contributed by atoms with Crippen LogP contribution in [0.25, 0.3) is 10.9 Å². The molecule has 3 N–H and O–H groups in total. The predicted octanol–water partition coefficient (Wildman–Crippen LogP) is 5.02. The van der Waals surface area contributed by atoms with Gasteiger partial charge in [-0.15, -0.1) is 0 Å². The van der Waals surface area contributed by atoms with Gasteiger partial charge in [-0.2, -0.15) is 0 Å². The number of fused-ring (bicyclic) bond motifs is 1. The number of carbonyl (C=O) groups is 3. The van der Waals surface area contributed by atoms with Gasteiger partial charge in [0.05, 0.1) is 16.9 Å². The Morgan fingerprint density at radius 3 is 2.02 bits per heavy atom. The molecule has 1 aromatic heterocycles. The average Bonchev–Trinajstić information content (AvgIpc) is 3.34. The van der Waals surface area contributed by atoms with Crippen molar-refractivity contribution in [2.75, 3.05) is 14.1 Å². The van der Waals surface area contributed by atoms with E-state index >= 15 is 0 Å². The van der Waals surface area contributed by atoms with Crippen molar-refractivity contribution >= 4 is 38.6 Å². The predicted molar refractivity (Wildman–Crippen MR) is 192 cm³/mol. The van der Waals surface area contributed by atoms with Gasteiger partial charge in [-0.05, 0) is 56.0 Å². The first-order valence-electron chi connectivity index (χ1n) is 16.3. The van der Waals surface area contributed by atoms with Gasteiger partial charge >= 0.3 is 0 Å². The van der Waals surface area contributed by atoms with Crippen LogP contribution in [0.15, 0.2) is 71.4 Å². The Hall–Kier alpha value is -3.96. The van der Waals surface area contributed by atoms with E-state index in [1.165, 1.54) is 17.0 Å². The van der Waals surface area contributed by atoms with Crippen molar-refractivity contribution in [2.24, 2.45) is 24.3 Å². The lowest BCUT2D eigenvalue weighted by Gasteiger charge is -2.38. The molecule has 1 heterocycles. The Bertz CT molecular complexity index is 1780. The Kier molecular flexibility index (Phi) is 11.8. The van der Waals surface area contributed by atoms with Gasteiger partial charge in [0.25, 0.3) is 10.0 Å². The number of rotatable bonds is 12. The fourth-order valence-electron chi connectivity index (χ4n) is 6.05. The summed E-state index contributed by atoms with van der Waals surface area (Å²) in [6, 6.07) is 12.7.